The lowest BCUT2D eigenvalue weighted by molar-refractivity contribution is 0.0879. The molecule has 0 bridgehead atoms. The quantitative estimate of drug-likeness (QED) is 0.708. The van der Waals surface area contributed by atoms with Crippen molar-refractivity contribution in [3.05, 3.63) is 48.3 Å². The minimum absolute atomic E-state index is 0.124. The molecule has 0 amide bonds. The molecule has 1 heterocycles. The van der Waals surface area contributed by atoms with Crippen molar-refractivity contribution < 1.29 is 4.79 Å². The van der Waals surface area contributed by atoms with Gasteiger partial charge < -0.3 is 0 Å². The van der Waals surface area contributed by atoms with Gasteiger partial charge in [-0.05, 0) is 5.56 Å². The van der Waals surface area contributed by atoms with Gasteiger partial charge >= 0.3 is 0 Å². The van der Waals surface area contributed by atoms with Crippen LogP contribution in [0.4, 0.5) is 0 Å². The Morgan fingerprint density at radius 2 is 1.79 bits per heavy atom. The summed E-state index contributed by atoms with van der Waals surface area (Å²) in [7, 11) is 0. The lowest BCUT2D eigenvalue weighted by Crippen LogP contribution is -2.16. The molecule has 1 aromatic heterocycles. The fourth-order valence-corrected chi connectivity index (χ4v) is 1.19. The average Bonchev–Trinajstić information content (AvgIpc) is 2.72. The number of nitrogens with zero attached hydrogens (tertiary/aromatic N) is 3. The highest BCUT2D eigenvalue weighted by atomic mass is 16.2. The van der Waals surface area contributed by atoms with E-state index in [9.17, 15) is 4.79 Å². The molecule has 0 saturated carbocycles. The molecule has 0 atom stereocenters. The van der Waals surface area contributed by atoms with Crippen LogP contribution in [0.25, 0.3) is 0 Å². The average molecular weight is 187 g/mol. The van der Waals surface area contributed by atoms with Crippen LogP contribution < -0.4 is 0 Å². The molecule has 4 heteroatoms. The van der Waals surface area contributed by atoms with Gasteiger partial charge in [0, 0.05) is 0 Å². The molecule has 0 aliphatic rings. The van der Waals surface area contributed by atoms with Gasteiger partial charge in [-0.25, -0.2) is 0 Å². The van der Waals surface area contributed by atoms with Crippen molar-refractivity contribution in [3.8, 4) is 0 Å². The molecule has 4 nitrogen and oxygen atoms in total. The summed E-state index contributed by atoms with van der Waals surface area (Å²) in [5, 5.41) is 7.54. The van der Waals surface area contributed by atoms with Gasteiger partial charge in [-0.3, -0.25) is 4.79 Å². The Bertz CT molecular complexity index is 408. The van der Waals surface area contributed by atoms with E-state index in [-0.39, 0.29) is 5.91 Å². The maximum atomic E-state index is 11.5. The van der Waals surface area contributed by atoms with Crippen LogP contribution in [0.15, 0.2) is 42.7 Å². The Morgan fingerprint density at radius 1 is 1.14 bits per heavy atom. The fourth-order valence-electron chi connectivity index (χ4n) is 1.19. The molecule has 0 unspecified atom stereocenters. The molecule has 2 aromatic rings. The van der Waals surface area contributed by atoms with Crippen molar-refractivity contribution in [1.82, 2.24) is 15.0 Å². The second-order valence-electron chi connectivity index (χ2n) is 2.87. The van der Waals surface area contributed by atoms with Gasteiger partial charge in [0.05, 0.1) is 18.8 Å². The van der Waals surface area contributed by atoms with E-state index in [4.69, 9.17) is 0 Å². The lowest BCUT2D eigenvalue weighted by Gasteiger charge is -1.98. The molecule has 0 aliphatic carbocycles. The number of hydrogen-bond donors (Lipinski definition) is 0. The van der Waals surface area contributed by atoms with Crippen molar-refractivity contribution >= 4 is 5.91 Å². The third-order valence-corrected chi connectivity index (χ3v) is 1.84. The van der Waals surface area contributed by atoms with Crippen LogP contribution in [-0.2, 0) is 6.42 Å². The first kappa shape index (κ1) is 8.62. The number of carbonyl (C=O) groups is 1. The fraction of sp³-hybridized carbons (Fsp3) is 0.100. The van der Waals surface area contributed by atoms with Crippen LogP contribution in [-0.4, -0.2) is 20.9 Å². The zero-order valence-corrected chi connectivity index (χ0v) is 7.50. The van der Waals surface area contributed by atoms with Crippen molar-refractivity contribution in [3.63, 3.8) is 0 Å². The first-order chi connectivity index (χ1) is 6.86. The van der Waals surface area contributed by atoms with Crippen LogP contribution in [0.5, 0.6) is 0 Å². The maximum Gasteiger partial charge on any atom is 0.268 e. The summed E-state index contributed by atoms with van der Waals surface area (Å²) in [6.45, 7) is 0. The number of hydrogen-bond acceptors (Lipinski definition) is 3. The molecule has 1 aromatic carbocycles. The normalized spacial score (nSPS) is 10.0. The standard InChI is InChI=1S/C10H9N3O/c14-10(13-11-6-7-12-13)8-9-4-2-1-3-5-9/h1-7H,8H2. The highest BCUT2D eigenvalue weighted by molar-refractivity contribution is 5.79. The van der Waals surface area contributed by atoms with Crippen molar-refractivity contribution in [2.45, 2.75) is 6.42 Å². The predicted molar refractivity (Wildman–Crippen MR) is 50.8 cm³/mol. The van der Waals surface area contributed by atoms with Gasteiger partial charge in [-0.2, -0.15) is 10.2 Å². The molecule has 0 saturated heterocycles. The minimum Gasteiger partial charge on any atom is -0.271 e. The first-order valence-electron chi connectivity index (χ1n) is 4.30. The Labute approximate surface area is 81.2 Å². The second kappa shape index (κ2) is 3.83. The highest BCUT2D eigenvalue weighted by Gasteiger charge is 2.06. The van der Waals surface area contributed by atoms with Crippen LogP contribution in [0.3, 0.4) is 0 Å². The van der Waals surface area contributed by atoms with Crippen LogP contribution in [0.2, 0.25) is 0 Å². The Morgan fingerprint density at radius 3 is 2.43 bits per heavy atom. The summed E-state index contributed by atoms with van der Waals surface area (Å²) in [6.07, 6.45) is 3.31. The van der Waals surface area contributed by atoms with Crippen LogP contribution in [0.1, 0.15) is 10.4 Å². The smallest absolute Gasteiger partial charge is 0.268 e. The highest BCUT2D eigenvalue weighted by Crippen LogP contribution is 2.00. The molecule has 2 rings (SSSR count). The van der Waals surface area contributed by atoms with Crippen molar-refractivity contribution in [2.24, 2.45) is 0 Å². The van der Waals surface area contributed by atoms with Gasteiger partial charge in [0.15, 0.2) is 0 Å². The van der Waals surface area contributed by atoms with E-state index < -0.39 is 0 Å². The third-order valence-electron chi connectivity index (χ3n) is 1.84. The molecule has 0 aliphatic heterocycles. The summed E-state index contributed by atoms with van der Waals surface area (Å²) in [4.78, 5) is 12.6. The Kier molecular flexibility index (Phi) is 2.36. The molecule has 0 fully saturated rings. The van der Waals surface area contributed by atoms with Crippen molar-refractivity contribution in [1.29, 1.82) is 0 Å². The zero-order chi connectivity index (χ0) is 9.80. The zero-order valence-electron chi connectivity index (χ0n) is 7.50. The summed E-state index contributed by atoms with van der Waals surface area (Å²) < 4.78 is 0. The van der Waals surface area contributed by atoms with E-state index >= 15 is 0 Å². The van der Waals surface area contributed by atoms with Gasteiger partial charge in [0.25, 0.3) is 5.91 Å². The molecule has 0 N–H and O–H groups in total. The Balaban J connectivity index is 2.10. The molecule has 0 spiro atoms. The van der Waals surface area contributed by atoms with Gasteiger partial charge in [-0.1, -0.05) is 30.3 Å². The van der Waals surface area contributed by atoms with Gasteiger partial charge in [0.2, 0.25) is 0 Å². The van der Waals surface area contributed by atoms with E-state index in [2.05, 4.69) is 10.2 Å². The molecular formula is C10H9N3O. The van der Waals surface area contributed by atoms with E-state index in [1.165, 1.54) is 12.4 Å². The van der Waals surface area contributed by atoms with E-state index in [0.717, 1.165) is 10.4 Å². The minimum atomic E-state index is -0.124. The monoisotopic (exact) mass is 187 g/mol. The van der Waals surface area contributed by atoms with Crippen LogP contribution >= 0.6 is 0 Å². The summed E-state index contributed by atoms with van der Waals surface area (Å²) >= 11 is 0. The van der Waals surface area contributed by atoms with Gasteiger partial charge in [-0.15, -0.1) is 4.80 Å². The van der Waals surface area contributed by atoms with E-state index in [0.29, 0.717) is 6.42 Å². The molecular weight excluding hydrogens is 178 g/mol. The first-order valence-corrected chi connectivity index (χ1v) is 4.30. The lowest BCUT2D eigenvalue weighted by atomic mass is 10.1. The summed E-state index contributed by atoms with van der Waals surface area (Å²) in [5.41, 5.74) is 0.967. The second-order valence-corrected chi connectivity index (χ2v) is 2.87. The topological polar surface area (TPSA) is 47.8 Å². The predicted octanol–water partition coefficient (Wildman–Crippen LogP) is 1.16. The number of carbonyl (C=O) groups excluding carboxylic acids is 1. The van der Waals surface area contributed by atoms with Gasteiger partial charge in [0.1, 0.15) is 0 Å². The number of rotatable bonds is 2. The van der Waals surface area contributed by atoms with E-state index in [1.54, 1.807) is 0 Å². The maximum absolute atomic E-state index is 11.5. The third kappa shape index (κ3) is 1.85. The Hall–Kier alpha value is -1.97. The summed E-state index contributed by atoms with van der Waals surface area (Å²) in [5.74, 6) is -0.124. The SMILES string of the molecule is O=C(Cc1ccccc1)n1nccn1. The summed E-state index contributed by atoms with van der Waals surface area (Å²) in [6, 6.07) is 9.53. The van der Waals surface area contributed by atoms with Crippen LogP contribution in [0, 0.1) is 0 Å². The van der Waals surface area contributed by atoms with Crippen molar-refractivity contribution in [2.75, 3.05) is 0 Å². The molecule has 14 heavy (non-hydrogen) atoms. The largest absolute Gasteiger partial charge is 0.271 e. The van der Waals surface area contributed by atoms with E-state index in [1.807, 2.05) is 30.3 Å². The molecule has 70 valence electrons. The number of aromatic nitrogens is 3. The number of benzene rings is 1. The molecule has 0 radical (unpaired) electrons.